The van der Waals surface area contributed by atoms with Crippen molar-refractivity contribution in [3.05, 3.63) is 75.9 Å². The van der Waals surface area contributed by atoms with Crippen LogP contribution in [0.2, 0.25) is 10.0 Å². The van der Waals surface area contributed by atoms with Gasteiger partial charge in [0.25, 0.3) is 11.1 Å². The van der Waals surface area contributed by atoms with Crippen LogP contribution in [0.3, 0.4) is 0 Å². The quantitative estimate of drug-likeness (QED) is 0.595. The van der Waals surface area contributed by atoms with Gasteiger partial charge >= 0.3 is 11.5 Å². The van der Waals surface area contributed by atoms with Gasteiger partial charge in [-0.2, -0.15) is 0 Å². The van der Waals surface area contributed by atoms with Crippen molar-refractivity contribution < 1.29 is 4.74 Å². The van der Waals surface area contributed by atoms with Crippen molar-refractivity contribution in [2.75, 3.05) is 0 Å². The molecule has 1 unspecified atom stereocenters. The SMILES string of the molecule is [C-]#[N+]c1nn(-c2cc(Cl)c(Oc3n[nH]c(=O)c4c3CCC4C)c(Cl)c2)c(=O)[nH]c1=O. The topological polar surface area (TPSA) is 127 Å². The summed E-state index contributed by atoms with van der Waals surface area (Å²) in [4.78, 5) is 40.6. The van der Waals surface area contributed by atoms with Crippen LogP contribution < -0.4 is 21.5 Å². The predicted molar refractivity (Wildman–Crippen MR) is 108 cm³/mol. The zero-order valence-corrected chi connectivity index (χ0v) is 16.8. The molecule has 1 aliphatic rings. The molecular weight excluding hydrogens is 435 g/mol. The molecule has 152 valence electrons. The number of halogens is 2. The maximum Gasteiger partial charge on any atom is 0.365 e. The lowest BCUT2D eigenvalue weighted by Crippen LogP contribution is -2.30. The van der Waals surface area contributed by atoms with E-state index in [0.717, 1.165) is 11.1 Å². The molecule has 0 bridgehead atoms. The van der Waals surface area contributed by atoms with E-state index in [1.54, 1.807) is 0 Å². The van der Waals surface area contributed by atoms with Gasteiger partial charge in [0.15, 0.2) is 5.75 Å². The first-order valence-electron chi connectivity index (χ1n) is 8.70. The molecule has 0 amide bonds. The van der Waals surface area contributed by atoms with Gasteiger partial charge < -0.3 is 9.58 Å². The Bertz CT molecular complexity index is 1380. The van der Waals surface area contributed by atoms with Crippen molar-refractivity contribution in [1.29, 1.82) is 0 Å². The molecule has 0 saturated heterocycles. The normalized spacial score (nSPS) is 14.9. The first-order chi connectivity index (χ1) is 14.3. The second-order valence-corrected chi connectivity index (χ2v) is 7.45. The van der Waals surface area contributed by atoms with E-state index in [-0.39, 0.29) is 38.8 Å². The van der Waals surface area contributed by atoms with Crippen LogP contribution >= 0.6 is 23.2 Å². The first-order valence-corrected chi connectivity index (χ1v) is 9.45. The summed E-state index contributed by atoms with van der Waals surface area (Å²) >= 11 is 12.6. The average Bonchev–Trinajstić information content (AvgIpc) is 3.09. The fourth-order valence-electron chi connectivity index (χ4n) is 3.34. The number of nitrogens with zero attached hydrogens (tertiary/aromatic N) is 4. The Hall–Kier alpha value is -3.42. The average molecular weight is 447 g/mol. The molecule has 0 saturated carbocycles. The van der Waals surface area contributed by atoms with Gasteiger partial charge in [0, 0.05) is 11.1 Å². The summed E-state index contributed by atoms with van der Waals surface area (Å²) in [6.07, 6.45) is 1.43. The molecule has 0 spiro atoms. The molecule has 0 aliphatic heterocycles. The summed E-state index contributed by atoms with van der Waals surface area (Å²) in [5, 5.41) is 10.2. The van der Waals surface area contributed by atoms with E-state index in [0.29, 0.717) is 17.5 Å². The van der Waals surface area contributed by atoms with Crippen LogP contribution in [-0.4, -0.2) is 25.0 Å². The number of benzene rings is 1. The summed E-state index contributed by atoms with van der Waals surface area (Å²) in [5.74, 6) is -0.159. The molecule has 30 heavy (non-hydrogen) atoms. The third kappa shape index (κ3) is 3.28. The highest BCUT2D eigenvalue weighted by Crippen LogP contribution is 2.41. The van der Waals surface area contributed by atoms with Crippen molar-refractivity contribution in [1.82, 2.24) is 25.0 Å². The number of H-pyrrole nitrogens is 2. The fraction of sp³-hybridized carbons (Fsp3) is 0.222. The number of ether oxygens (including phenoxy) is 1. The van der Waals surface area contributed by atoms with E-state index in [1.165, 1.54) is 12.1 Å². The van der Waals surface area contributed by atoms with E-state index in [9.17, 15) is 14.4 Å². The largest absolute Gasteiger partial charge is 0.434 e. The zero-order valence-electron chi connectivity index (χ0n) is 15.3. The van der Waals surface area contributed by atoms with E-state index in [2.05, 4.69) is 20.1 Å². The van der Waals surface area contributed by atoms with E-state index < -0.39 is 17.1 Å². The Labute approximate surface area is 177 Å². The van der Waals surface area contributed by atoms with Gasteiger partial charge in [-0.3, -0.25) is 14.6 Å². The van der Waals surface area contributed by atoms with Gasteiger partial charge in [-0.1, -0.05) is 36.7 Å². The molecule has 12 heteroatoms. The molecule has 3 aromatic rings. The summed E-state index contributed by atoms with van der Waals surface area (Å²) in [6.45, 7) is 8.92. The number of fused-ring (bicyclic) bond motifs is 1. The van der Waals surface area contributed by atoms with Crippen LogP contribution in [0.15, 0.2) is 26.5 Å². The second kappa shape index (κ2) is 7.44. The molecule has 0 fully saturated rings. The highest BCUT2D eigenvalue weighted by molar-refractivity contribution is 6.37. The van der Waals surface area contributed by atoms with Crippen molar-refractivity contribution in [2.45, 2.75) is 25.7 Å². The number of hydrogen-bond acceptors (Lipinski definition) is 6. The van der Waals surface area contributed by atoms with Gasteiger partial charge in [0.1, 0.15) is 0 Å². The predicted octanol–water partition coefficient (Wildman–Crippen LogP) is 2.70. The molecule has 2 N–H and O–H groups in total. The Kier molecular flexibility index (Phi) is 4.93. The smallest absolute Gasteiger partial charge is 0.365 e. The highest BCUT2D eigenvalue weighted by Gasteiger charge is 2.27. The number of aromatic nitrogens is 5. The van der Waals surface area contributed by atoms with Gasteiger partial charge in [0.05, 0.1) is 15.7 Å². The molecule has 0 radical (unpaired) electrons. The van der Waals surface area contributed by atoms with Crippen molar-refractivity contribution in [2.24, 2.45) is 0 Å². The van der Waals surface area contributed by atoms with Crippen LogP contribution in [-0.2, 0) is 6.42 Å². The zero-order chi connectivity index (χ0) is 21.6. The highest BCUT2D eigenvalue weighted by atomic mass is 35.5. The number of nitrogens with one attached hydrogen (secondary N) is 2. The summed E-state index contributed by atoms with van der Waals surface area (Å²) in [6, 6.07) is 2.69. The third-order valence-electron chi connectivity index (χ3n) is 4.75. The van der Waals surface area contributed by atoms with Crippen LogP contribution in [0.4, 0.5) is 5.82 Å². The number of rotatable bonds is 3. The Morgan fingerprint density at radius 3 is 2.60 bits per heavy atom. The minimum Gasteiger partial charge on any atom is -0.434 e. The van der Waals surface area contributed by atoms with Gasteiger partial charge in [-0.25, -0.2) is 9.89 Å². The maximum absolute atomic E-state index is 12.1. The lowest BCUT2D eigenvalue weighted by molar-refractivity contribution is 0.448. The molecule has 10 nitrogen and oxygen atoms in total. The number of hydrogen-bond donors (Lipinski definition) is 2. The van der Waals surface area contributed by atoms with Crippen molar-refractivity contribution in [3.8, 4) is 17.3 Å². The Balaban J connectivity index is 1.78. The molecule has 4 rings (SSSR count). The minimum absolute atomic E-state index is 0.0366. The van der Waals surface area contributed by atoms with Gasteiger partial charge in [-0.15, -0.1) is 9.78 Å². The van der Waals surface area contributed by atoms with Crippen molar-refractivity contribution in [3.63, 3.8) is 0 Å². The lowest BCUT2D eigenvalue weighted by Gasteiger charge is -2.13. The Morgan fingerprint density at radius 2 is 1.93 bits per heavy atom. The number of aromatic amines is 2. The van der Waals surface area contributed by atoms with Gasteiger partial charge in [0.2, 0.25) is 5.88 Å². The van der Waals surface area contributed by atoms with Gasteiger partial charge in [-0.05, 0) is 36.0 Å². The molecule has 2 heterocycles. The van der Waals surface area contributed by atoms with E-state index in [1.807, 2.05) is 11.9 Å². The third-order valence-corrected chi connectivity index (χ3v) is 5.31. The van der Waals surface area contributed by atoms with Crippen LogP contribution in [0.25, 0.3) is 10.5 Å². The van der Waals surface area contributed by atoms with Crippen LogP contribution in [0.1, 0.15) is 30.4 Å². The standard InChI is InChI=1S/C18H12Cl2N6O4/c1-7-3-4-9-12(7)15(27)23-24-17(9)30-13-10(19)5-8(6-11(13)20)26-18(29)22-16(28)14(21-2)25-26/h5-7H,3-4H2,1H3,(H,23,27)(H,22,28,29). The minimum atomic E-state index is -0.893. The molecular formula is C18H12Cl2N6O4. The molecule has 1 atom stereocenters. The molecule has 1 aromatic carbocycles. The first kappa shape index (κ1) is 19.9. The van der Waals surface area contributed by atoms with Crippen LogP contribution in [0.5, 0.6) is 11.6 Å². The fourth-order valence-corrected chi connectivity index (χ4v) is 3.89. The summed E-state index contributed by atoms with van der Waals surface area (Å²) < 4.78 is 6.61. The van der Waals surface area contributed by atoms with Crippen molar-refractivity contribution >= 4 is 29.0 Å². The monoisotopic (exact) mass is 446 g/mol. The van der Waals surface area contributed by atoms with Crippen LogP contribution in [0, 0.1) is 6.57 Å². The maximum atomic E-state index is 12.1. The Morgan fingerprint density at radius 1 is 1.23 bits per heavy atom. The summed E-state index contributed by atoms with van der Waals surface area (Å²) in [5.41, 5.74) is -0.564. The lowest BCUT2D eigenvalue weighted by atomic mass is 10.1. The van der Waals surface area contributed by atoms with E-state index in [4.69, 9.17) is 34.5 Å². The summed E-state index contributed by atoms with van der Waals surface area (Å²) in [7, 11) is 0. The molecule has 2 aromatic heterocycles. The molecule has 1 aliphatic carbocycles. The second-order valence-electron chi connectivity index (χ2n) is 6.64. The van der Waals surface area contributed by atoms with E-state index >= 15 is 0 Å².